The third-order valence-electron chi connectivity index (χ3n) is 11.1. The van der Waals surface area contributed by atoms with Gasteiger partial charge in [-0.3, -0.25) is 0 Å². The Morgan fingerprint density at radius 1 is 1.08 bits per heavy atom. The number of anilines is 1. The third-order valence-corrected chi connectivity index (χ3v) is 11.1. The Kier molecular flexibility index (Phi) is 7.79. The van der Waals surface area contributed by atoms with Gasteiger partial charge in [0.05, 0.1) is 12.2 Å². The van der Waals surface area contributed by atoms with Crippen LogP contribution in [0.5, 0.6) is 11.8 Å². The lowest BCUT2D eigenvalue weighted by atomic mass is 9.91. The van der Waals surface area contributed by atoms with Crippen molar-refractivity contribution in [3.05, 3.63) is 47.0 Å². The van der Waals surface area contributed by atoms with E-state index in [0.717, 1.165) is 57.8 Å². The molecule has 4 atom stereocenters. The zero-order chi connectivity index (χ0) is 33.2. The standard InChI is InChI=1S/C38H40F2N6O2/c1-4-6-8-23-13-27(47)14-29(28(23)7-5-2)33-31(39)15-30-35(34(33)40)42-37(43-36(30)46-18-25-9-10-26(19-46)41-25)48-22-38(11-12-38)21-45-17-24-16-44(3)32(24)20-45/h1-2,6,8,13-15,24-26,32,41,47H,7,9-12,16-22H2,3H3/b8-6-. The summed E-state index contributed by atoms with van der Waals surface area (Å²) in [6.45, 7) is 6.11. The average Bonchev–Trinajstić information content (AvgIpc) is 3.64. The molecule has 1 aromatic heterocycles. The monoisotopic (exact) mass is 650 g/mol. The van der Waals surface area contributed by atoms with Crippen LogP contribution in [0.3, 0.4) is 0 Å². The number of hydrogen-bond donors (Lipinski definition) is 2. The summed E-state index contributed by atoms with van der Waals surface area (Å²) < 4.78 is 39.5. The molecule has 4 unspecified atom stereocenters. The molecule has 8 nitrogen and oxygen atoms in total. The molecule has 4 aliphatic heterocycles. The molecular weight excluding hydrogens is 610 g/mol. The van der Waals surface area contributed by atoms with Crippen molar-refractivity contribution < 1.29 is 18.6 Å². The molecule has 48 heavy (non-hydrogen) atoms. The summed E-state index contributed by atoms with van der Waals surface area (Å²) in [5.41, 5.74) is 0.775. The zero-order valence-corrected chi connectivity index (χ0v) is 27.2. The van der Waals surface area contributed by atoms with Crippen LogP contribution in [0, 0.1) is 47.7 Å². The second kappa shape index (κ2) is 12.0. The van der Waals surface area contributed by atoms with E-state index >= 15 is 8.78 Å². The van der Waals surface area contributed by atoms with Crippen molar-refractivity contribution in [2.75, 3.05) is 57.8 Å². The number of nitrogens with one attached hydrogen (secondary N) is 1. The van der Waals surface area contributed by atoms with Gasteiger partial charge in [-0.2, -0.15) is 9.97 Å². The number of halogens is 2. The van der Waals surface area contributed by atoms with Crippen LogP contribution in [0.4, 0.5) is 14.6 Å². The number of piperazine rings is 1. The van der Waals surface area contributed by atoms with Crippen LogP contribution in [0.1, 0.15) is 36.8 Å². The Morgan fingerprint density at radius 3 is 2.56 bits per heavy atom. The SMILES string of the molecule is C#C/C=C\c1cc(O)cc(-c2c(F)cc3c(N4CC5CCC(C4)N5)nc(OCC4(CN5CC6CN(C)C6C5)CC4)nc3c2F)c1CC#C. The number of rotatable bonds is 9. The highest BCUT2D eigenvalue weighted by molar-refractivity contribution is 5.94. The minimum atomic E-state index is -0.856. The lowest BCUT2D eigenvalue weighted by Gasteiger charge is -2.40. The summed E-state index contributed by atoms with van der Waals surface area (Å²) in [6.07, 6.45) is 18.4. The van der Waals surface area contributed by atoms with Gasteiger partial charge in [-0.1, -0.05) is 5.92 Å². The normalized spacial score (nSPS) is 26.0. The topological polar surface area (TPSA) is 77.0 Å². The van der Waals surface area contributed by atoms with Gasteiger partial charge in [0.15, 0.2) is 5.82 Å². The summed E-state index contributed by atoms with van der Waals surface area (Å²) in [7, 11) is 2.20. The summed E-state index contributed by atoms with van der Waals surface area (Å²) in [6, 6.07) is 5.42. The van der Waals surface area contributed by atoms with Crippen LogP contribution in [-0.2, 0) is 6.42 Å². The Bertz CT molecular complexity index is 1880. The highest BCUT2D eigenvalue weighted by Crippen LogP contribution is 2.48. The molecule has 3 aromatic rings. The van der Waals surface area contributed by atoms with Crippen LogP contribution < -0.4 is 15.0 Å². The number of phenolic OH excluding ortho intramolecular Hbond substituents is 1. The molecule has 5 fully saturated rings. The van der Waals surface area contributed by atoms with E-state index in [2.05, 4.69) is 43.9 Å². The lowest BCUT2D eigenvalue weighted by molar-refractivity contribution is 0.0824. The molecule has 0 radical (unpaired) electrons. The molecule has 10 heteroatoms. The Labute approximate surface area is 280 Å². The summed E-state index contributed by atoms with van der Waals surface area (Å²) in [4.78, 5) is 16.5. The summed E-state index contributed by atoms with van der Waals surface area (Å²) in [5, 5.41) is 14.5. The maximum Gasteiger partial charge on any atom is 0.319 e. The van der Waals surface area contributed by atoms with E-state index in [1.165, 1.54) is 24.3 Å². The molecule has 4 saturated heterocycles. The number of ether oxygens (including phenoxy) is 1. The Hall–Kier alpha value is -4.22. The number of likely N-dealkylation sites (N-methyl/N-ethyl adjacent to an activating group) is 1. The van der Waals surface area contributed by atoms with Crippen LogP contribution in [0.15, 0.2) is 24.3 Å². The van der Waals surface area contributed by atoms with E-state index in [-0.39, 0.29) is 57.7 Å². The number of allylic oxidation sites excluding steroid dienone is 1. The molecule has 0 amide bonds. The number of hydrogen-bond acceptors (Lipinski definition) is 8. The quantitative estimate of drug-likeness (QED) is 0.330. The van der Waals surface area contributed by atoms with Gasteiger partial charge in [0.2, 0.25) is 0 Å². The van der Waals surface area contributed by atoms with Crippen molar-refractivity contribution in [3.63, 3.8) is 0 Å². The number of benzene rings is 2. The van der Waals surface area contributed by atoms with E-state index in [4.69, 9.17) is 22.6 Å². The van der Waals surface area contributed by atoms with Gasteiger partial charge in [-0.05, 0) is 79.8 Å². The third kappa shape index (κ3) is 5.56. The van der Waals surface area contributed by atoms with E-state index < -0.39 is 11.6 Å². The average molecular weight is 651 g/mol. The van der Waals surface area contributed by atoms with E-state index in [0.29, 0.717) is 42.7 Å². The van der Waals surface area contributed by atoms with Crippen molar-refractivity contribution in [2.24, 2.45) is 11.3 Å². The van der Waals surface area contributed by atoms with Crippen molar-refractivity contribution in [1.82, 2.24) is 25.1 Å². The fourth-order valence-corrected chi connectivity index (χ4v) is 8.50. The fraction of sp³-hybridized carbons (Fsp3) is 0.474. The van der Waals surface area contributed by atoms with Gasteiger partial charge >= 0.3 is 6.01 Å². The lowest BCUT2D eigenvalue weighted by Crippen LogP contribution is -2.52. The number of likely N-dealkylation sites (tertiary alicyclic amines) is 2. The first-order chi connectivity index (χ1) is 23.2. The van der Waals surface area contributed by atoms with E-state index in [1.54, 1.807) is 6.08 Å². The van der Waals surface area contributed by atoms with Crippen LogP contribution in [0.25, 0.3) is 28.1 Å². The second-order valence-electron chi connectivity index (χ2n) is 14.5. The number of fused-ring (bicyclic) bond motifs is 4. The minimum absolute atomic E-state index is 0.0233. The first-order valence-corrected chi connectivity index (χ1v) is 16.9. The zero-order valence-electron chi connectivity index (χ0n) is 27.2. The van der Waals surface area contributed by atoms with Crippen LogP contribution in [0.2, 0.25) is 0 Å². The first-order valence-electron chi connectivity index (χ1n) is 16.9. The number of phenols is 1. The highest BCUT2D eigenvalue weighted by Gasteiger charge is 2.50. The molecule has 1 saturated carbocycles. The molecule has 2 aromatic carbocycles. The van der Waals surface area contributed by atoms with Crippen LogP contribution in [-0.4, -0.2) is 95.9 Å². The Morgan fingerprint density at radius 2 is 1.88 bits per heavy atom. The van der Waals surface area contributed by atoms with Crippen molar-refractivity contribution in [3.8, 4) is 47.6 Å². The summed E-state index contributed by atoms with van der Waals surface area (Å²) in [5.74, 6) is 4.39. The molecule has 8 rings (SSSR count). The van der Waals surface area contributed by atoms with Gasteiger partial charge in [0, 0.05) is 80.5 Å². The van der Waals surface area contributed by atoms with E-state index in [9.17, 15) is 5.11 Å². The van der Waals surface area contributed by atoms with Gasteiger partial charge in [-0.25, -0.2) is 8.78 Å². The highest BCUT2D eigenvalue weighted by atomic mass is 19.1. The van der Waals surface area contributed by atoms with Gasteiger partial charge in [0.1, 0.15) is 22.9 Å². The van der Waals surface area contributed by atoms with Crippen molar-refractivity contribution >= 4 is 22.8 Å². The molecular formula is C38H40F2N6O2. The summed E-state index contributed by atoms with van der Waals surface area (Å²) >= 11 is 0. The van der Waals surface area contributed by atoms with Crippen LogP contribution >= 0.6 is 0 Å². The number of nitrogens with zero attached hydrogens (tertiary/aromatic N) is 5. The predicted octanol–water partition coefficient (Wildman–Crippen LogP) is 4.45. The van der Waals surface area contributed by atoms with Crippen molar-refractivity contribution in [1.29, 1.82) is 0 Å². The maximum atomic E-state index is 16.9. The largest absolute Gasteiger partial charge is 0.508 e. The molecule has 2 bridgehead atoms. The molecule has 248 valence electrons. The maximum absolute atomic E-state index is 16.9. The second-order valence-corrected chi connectivity index (χ2v) is 14.5. The number of aromatic nitrogens is 2. The smallest absolute Gasteiger partial charge is 0.319 e. The first kappa shape index (κ1) is 31.1. The molecule has 5 heterocycles. The Balaban J connectivity index is 1.18. The molecule has 2 N–H and O–H groups in total. The van der Waals surface area contributed by atoms with Crippen molar-refractivity contribution in [2.45, 2.75) is 50.2 Å². The molecule has 1 aliphatic carbocycles. The number of terminal acetylenes is 2. The van der Waals surface area contributed by atoms with E-state index in [1.807, 2.05) is 0 Å². The minimum Gasteiger partial charge on any atom is -0.508 e. The number of aromatic hydroxyl groups is 1. The molecule has 0 spiro atoms. The molecule has 5 aliphatic rings. The van der Waals surface area contributed by atoms with Gasteiger partial charge in [-0.15, -0.1) is 18.8 Å². The van der Waals surface area contributed by atoms with Gasteiger partial charge < -0.3 is 29.9 Å². The predicted molar refractivity (Wildman–Crippen MR) is 183 cm³/mol. The van der Waals surface area contributed by atoms with Gasteiger partial charge in [0.25, 0.3) is 0 Å². The fourth-order valence-electron chi connectivity index (χ4n) is 8.50.